The number of aryl methyl sites for hydroxylation is 1. The molecule has 37 heavy (non-hydrogen) atoms. The SMILES string of the molecule is C=CCN1C(=O)[C@]2(O[C@H](CCn3cc(CCO)nn3)[C@@H]([Si](C)(C)O)[C@@H]2C)c2cc(N3CCC3=O)ccc21. The molecule has 3 aliphatic heterocycles. The van der Waals surface area contributed by atoms with Crippen LogP contribution >= 0.6 is 0 Å². The summed E-state index contributed by atoms with van der Waals surface area (Å²) in [6.07, 6.45) is 4.63. The number of aliphatic hydroxyl groups is 1. The van der Waals surface area contributed by atoms with Crippen molar-refractivity contribution in [2.45, 2.75) is 63.1 Å². The summed E-state index contributed by atoms with van der Waals surface area (Å²) >= 11 is 0. The third kappa shape index (κ3) is 4.14. The van der Waals surface area contributed by atoms with Crippen molar-refractivity contribution >= 4 is 31.5 Å². The van der Waals surface area contributed by atoms with Gasteiger partial charge in [0, 0.05) is 68.0 Å². The number of anilines is 2. The van der Waals surface area contributed by atoms with E-state index >= 15 is 0 Å². The van der Waals surface area contributed by atoms with Crippen LogP contribution in [-0.4, -0.2) is 70.8 Å². The standard InChI is InChI=1S/C26H35N5O5Si/c1-5-11-31-21-7-6-19(30-13-9-23(30)33)15-20(21)26(25(31)34)17(2)24(37(3,4)35)22(36-26)8-12-29-16-18(10-14-32)27-28-29/h5-7,15-17,22,24,32,35H,1,8-14H2,2-4H3/t17-,22+,24-,26+/m0/s1. The maximum Gasteiger partial charge on any atom is 0.264 e. The Hall–Kier alpha value is -2.86. The van der Waals surface area contributed by atoms with E-state index in [0.29, 0.717) is 44.6 Å². The van der Waals surface area contributed by atoms with Crippen molar-refractivity contribution in [3.8, 4) is 0 Å². The number of hydrogen-bond acceptors (Lipinski definition) is 7. The van der Waals surface area contributed by atoms with E-state index in [4.69, 9.17) is 4.74 Å². The molecule has 0 bridgehead atoms. The number of carbonyl (C=O) groups excluding carboxylic acids is 2. The molecule has 5 rings (SSSR count). The molecule has 2 N–H and O–H groups in total. The second-order valence-corrected chi connectivity index (χ2v) is 14.8. The number of carbonyl (C=O) groups is 2. The third-order valence-electron chi connectivity index (χ3n) is 8.04. The molecule has 0 aliphatic carbocycles. The van der Waals surface area contributed by atoms with E-state index in [1.54, 1.807) is 26.8 Å². The number of ether oxygens (including phenoxy) is 1. The third-order valence-corrected chi connectivity index (χ3v) is 10.5. The molecule has 0 saturated carbocycles. The van der Waals surface area contributed by atoms with Gasteiger partial charge in [0.2, 0.25) is 5.91 Å². The van der Waals surface area contributed by atoms with Crippen LogP contribution in [0.25, 0.3) is 0 Å². The van der Waals surface area contributed by atoms with E-state index in [1.165, 1.54) is 0 Å². The first-order valence-electron chi connectivity index (χ1n) is 12.9. The Morgan fingerprint density at radius 1 is 1.32 bits per heavy atom. The van der Waals surface area contributed by atoms with Gasteiger partial charge >= 0.3 is 0 Å². The molecule has 2 aromatic rings. The Kier molecular flexibility index (Phi) is 6.59. The lowest BCUT2D eigenvalue weighted by Gasteiger charge is -2.33. The Morgan fingerprint density at radius 2 is 2.11 bits per heavy atom. The van der Waals surface area contributed by atoms with Gasteiger partial charge in [0.15, 0.2) is 13.9 Å². The zero-order valence-electron chi connectivity index (χ0n) is 21.6. The van der Waals surface area contributed by atoms with Crippen LogP contribution in [0.2, 0.25) is 18.6 Å². The van der Waals surface area contributed by atoms with Crippen molar-refractivity contribution in [2.24, 2.45) is 5.92 Å². The van der Waals surface area contributed by atoms with Crippen LogP contribution < -0.4 is 9.80 Å². The molecule has 2 fully saturated rings. The van der Waals surface area contributed by atoms with E-state index in [9.17, 15) is 19.5 Å². The summed E-state index contributed by atoms with van der Waals surface area (Å²) < 4.78 is 8.53. The highest BCUT2D eigenvalue weighted by atomic mass is 28.4. The average molecular weight is 526 g/mol. The number of aromatic nitrogens is 3. The van der Waals surface area contributed by atoms with Crippen LogP contribution in [0.4, 0.5) is 11.4 Å². The molecule has 3 aliphatic rings. The smallest absolute Gasteiger partial charge is 0.264 e. The number of rotatable bonds is 9. The number of benzene rings is 1. The Morgan fingerprint density at radius 3 is 2.73 bits per heavy atom. The van der Waals surface area contributed by atoms with Gasteiger partial charge < -0.3 is 24.4 Å². The van der Waals surface area contributed by atoms with Crippen LogP contribution in [0, 0.1) is 5.92 Å². The molecule has 10 nitrogen and oxygen atoms in total. The highest BCUT2D eigenvalue weighted by molar-refractivity contribution is 6.71. The lowest BCUT2D eigenvalue weighted by Crippen LogP contribution is -2.46. The van der Waals surface area contributed by atoms with Crippen molar-refractivity contribution in [3.63, 3.8) is 0 Å². The van der Waals surface area contributed by atoms with Crippen molar-refractivity contribution in [3.05, 3.63) is 48.3 Å². The summed E-state index contributed by atoms with van der Waals surface area (Å²) in [5.41, 5.74) is 1.52. The van der Waals surface area contributed by atoms with E-state index in [2.05, 4.69) is 16.9 Å². The lowest BCUT2D eigenvalue weighted by molar-refractivity contribution is -0.145. The molecular weight excluding hydrogens is 490 g/mol. The molecule has 11 heteroatoms. The number of fused-ring (bicyclic) bond motifs is 2. The van der Waals surface area contributed by atoms with Crippen LogP contribution in [0.1, 0.15) is 31.0 Å². The quantitative estimate of drug-likeness (QED) is 0.292. The minimum atomic E-state index is -2.78. The fraction of sp³-hybridized carbons (Fsp3) is 0.538. The fourth-order valence-electron chi connectivity index (χ4n) is 6.34. The second kappa shape index (κ2) is 9.46. The maximum atomic E-state index is 14.1. The first kappa shape index (κ1) is 25.8. The molecule has 198 valence electrons. The molecule has 1 aromatic heterocycles. The number of amides is 2. The molecule has 4 heterocycles. The molecule has 1 aromatic carbocycles. The van der Waals surface area contributed by atoms with Gasteiger partial charge in [-0.1, -0.05) is 18.2 Å². The van der Waals surface area contributed by atoms with Gasteiger partial charge in [-0.05, 0) is 37.7 Å². The summed E-state index contributed by atoms with van der Waals surface area (Å²) in [5.74, 6) is -0.373. The van der Waals surface area contributed by atoms with E-state index in [-0.39, 0.29) is 36.0 Å². The van der Waals surface area contributed by atoms with Gasteiger partial charge in [0.25, 0.3) is 5.91 Å². The summed E-state index contributed by atoms with van der Waals surface area (Å²) in [4.78, 5) is 41.2. The van der Waals surface area contributed by atoms with Crippen LogP contribution in [0.15, 0.2) is 37.1 Å². The molecule has 0 unspecified atom stereocenters. The van der Waals surface area contributed by atoms with Gasteiger partial charge in [0.05, 0.1) is 17.5 Å². The van der Waals surface area contributed by atoms with Crippen LogP contribution in [-0.2, 0) is 32.9 Å². The van der Waals surface area contributed by atoms with Gasteiger partial charge in [-0.25, -0.2) is 0 Å². The van der Waals surface area contributed by atoms with Gasteiger partial charge in [-0.15, -0.1) is 11.7 Å². The Bertz CT molecular complexity index is 1230. The first-order valence-corrected chi connectivity index (χ1v) is 15.9. The molecule has 1 spiro atoms. The maximum absolute atomic E-state index is 14.1. The van der Waals surface area contributed by atoms with Crippen LogP contribution in [0.5, 0.6) is 0 Å². The van der Waals surface area contributed by atoms with Crippen molar-refractivity contribution < 1.29 is 24.2 Å². The lowest BCUT2D eigenvalue weighted by atomic mass is 9.82. The highest BCUT2D eigenvalue weighted by Crippen LogP contribution is 2.60. The minimum Gasteiger partial charge on any atom is -0.432 e. The van der Waals surface area contributed by atoms with E-state index in [0.717, 1.165) is 16.9 Å². The molecule has 0 radical (unpaired) electrons. The predicted molar refractivity (Wildman–Crippen MR) is 141 cm³/mol. The fourth-order valence-corrected chi connectivity index (χ4v) is 8.94. The summed E-state index contributed by atoms with van der Waals surface area (Å²) in [6.45, 7) is 11.1. The second-order valence-electron chi connectivity index (χ2n) is 10.8. The molecular formula is C26H35N5O5Si. The van der Waals surface area contributed by atoms with Gasteiger partial charge in [-0.3, -0.25) is 14.3 Å². The van der Waals surface area contributed by atoms with E-state index in [1.807, 2.05) is 38.2 Å². The predicted octanol–water partition coefficient (Wildman–Crippen LogP) is 1.97. The molecule has 2 saturated heterocycles. The van der Waals surface area contributed by atoms with Crippen molar-refractivity contribution in [1.29, 1.82) is 0 Å². The largest absolute Gasteiger partial charge is 0.432 e. The number of nitrogens with zero attached hydrogens (tertiary/aromatic N) is 5. The summed E-state index contributed by atoms with van der Waals surface area (Å²) in [5, 5.41) is 17.4. The normalized spacial score (nSPS) is 27.2. The van der Waals surface area contributed by atoms with E-state index < -0.39 is 13.9 Å². The van der Waals surface area contributed by atoms with Crippen LogP contribution in [0.3, 0.4) is 0 Å². The first-order chi connectivity index (χ1) is 17.6. The topological polar surface area (TPSA) is 121 Å². The monoisotopic (exact) mass is 525 g/mol. The highest BCUT2D eigenvalue weighted by Gasteiger charge is 2.66. The summed E-state index contributed by atoms with van der Waals surface area (Å²) in [6, 6.07) is 5.70. The van der Waals surface area contributed by atoms with Crippen molar-refractivity contribution in [2.75, 3.05) is 29.5 Å². The average Bonchev–Trinajstić information content (AvgIpc) is 3.47. The Balaban J connectivity index is 1.53. The number of aliphatic hydroxyl groups excluding tert-OH is 1. The number of β-lactam (4-membered cyclic amide) rings is 1. The van der Waals surface area contributed by atoms with Crippen molar-refractivity contribution in [1.82, 2.24) is 15.0 Å². The molecule has 4 atom stereocenters. The van der Waals surface area contributed by atoms with Gasteiger partial charge in [0.1, 0.15) is 0 Å². The number of hydrogen-bond donors (Lipinski definition) is 2. The zero-order chi connectivity index (χ0) is 26.5. The molecule has 2 amide bonds. The zero-order valence-corrected chi connectivity index (χ0v) is 22.6. The summed E-state index contributed by atoms with van der Waals surface area (Å²) in [7, 11) is -2.78. The Labute approximate surface area is 217 Å². The minimum absolute atomic E-state index is 0.00455. The van der Waals surface area contributed by atoms with Gasteiger partial charge in [-0.2, -0.15) is 0 Å².